The van der Waals surface area contributed by atoms with Gasteiger partial charge in [-0.2, -0.15) is 0 Å². The molecule has 1 N–H and O–H groups in total. The van der Waals surface area contributed by atoms with E-state index in [0.29, 0.717) is 25.6 Å². The first kappa shape index (κ1) is 17.2. The van der Waals surface area contributed by atoms with Crippen LogP contribution in [0.2, 0.25) is 0 Å². The normalized spacial score (nSPS) is 23.2. The van der Waals surface area contributed by atoms with Gasteiger partial charge in [0.25, 0.3) is 0 Å². The Kier molecular flexibility index (Phi) is 5.08. The van der Waals surface area contributed by atoms with Gasteiger partial charge in [-0.15, -0.1) is 0 Å². The van der Waals surface area contributed by atoms with Crippen molar-refractivity contribution >= 4 is 15.8 Å². The molecule has 1 saturated heterocycles. The zero-order valence-corrected chi connectivity index (χ0v) is 14.7. The van der Waals surface area contributed by atoms with Gasteiger partial charge in [0, 0.05) is 26.2 Å². The number of rotatable bonds is 5. The van der Waals surface area contributed by atoms with Crippen molar-refractivity contribution in [3.63, 3.8) is 0 Å². The molecule has 2 fully saturated rings. The van der Waals surface area contributed by atoms with Gasteiger partial charge in [0.05, 0.1) is 11.5 Å². The highest BCUT2D eigenvalue weighted by atomic mass is 32.2. The second-order valence-electron chi connectivity index (χ2n) is 6.83. The Labute approximate surface area is 142 Å². The zero-order valence-electron chi connectivity index (χ0n) is 13.9. The van der Waals surface area contributed by atoms with Crippen LogP contribution < -0.4 is 5.32 Å². The molecule has 0 radical (unpaired) electrons. The molecule has 1 unspecified atom stereocenters. The van der Waals surface area contributed by atoms with Crippen LogP contribution in [-0.4, -0.2) is 50.4 Å². The summed E-state index contributed by atoms with van der Waals surface area (Å²) in [7, 11) is -0.918. The summed E-state index contributed by atoms with van der Waals surface area (Å²) in [6.45, 7) is 1.16. The summed E-state index contributed by atoms with van der Waals surface area (Å²) in [5, 5.41) is 3.42. The van der Waals surface area contributed by atoms with E-state index in [0.717, 1.165) is 24.4 Å². The van der Waals surface area contributed by atoms with Crippen LogP contribution in [0, 0.1) is 11.7 Å². The molecule has 5 nitrogen and oxygen atoms in total. The largest absolute Gasteiger partial charge is 0.354 e. The molecule has 1 saturated carbocycles. The molecule has 7 heteroatoms. The number of benzene rings is 1. The highest BCUT2D eigenvalue weighted by Crippen LogP contribution is 2.21. The number of nitrogens with one attached hydrogen (secondary N) is 1. The Morgan fingerprint density at radius 2 is 2.00 bits per heavy atom. The standard InChI is InChI=1S/C17H24FN3O2S/c1-21(11-13-2-4-15(18)5-3-13)17(20-16-6-7-16)19-10-14-8-9-24(22,23)12-14/h2-5,14,16H,6-12H2,1H3,(H,19,20). The average molecular weight is 353 g/mol. The second-order valence-corrected chi connectivity index (χ2v) is 9.06. The Hall–Kier alpha value is -1.63. The summed E-state index contributed by atoms with van der Waals surface area (Å²) in [5.74, 6) is 1.20. The third-order valence-electron chi connectivity index (χ3n) is 4.43. The van der Waals surface area contributed by atoms with E-state index in [1.54, 1.807) is 12.1 Å². The molecule has 0 bridgehead atoms. The third-order valence-corrected chi connectivity index (χ3v) is 6.27. The lowest BCUT2D eigenvalue weighted by atomic mass is 10.1. The van der Waals surface area contributed by atoms with Gasteiger partial charge in [0.15, 0.2) is 15.8 Å². The summed E-state index contributed by atoms with van der Waals surface area (Å²) in [4.78, 5) is 6.67. The van der Waals surface area contributed by atoms with Gasteiger partial charge in [-0.25, -0.2) is 12.8 Å². The van der Waals surface area contributed by atoms with E-state index in [9.17, 15) is 12.8 Å². The highest BCUT2D eigenvalue weighted by molar-refractivity contribution is 7.91. The number of hydrogen-bond acceptors (Lipinski definition) is 3. The van der Waals surface area contributed by atoms with Crippen LogP contribution in [0.1, 0.15) is 24.8 Å². The maximum Gasteiger partial charge on any atom is 0.194 e. The lowest BCUT2D eigenvalue weighted by Crippen LogP contribution is -2.40. The van der Waals surface area contributed by atoms with Crippen molar-refractivity contribution in [2.24, 2.45) is 10.9 Å². The lowest BCUT2D eigenvalue weighted by Gasteiger charge is -2.23. The minimum atomic E-state index is -2.87. The lowest BCUT2D eigenvalue weighted by molar-refractivity contribution is 0.469. The topological polar surface area (TPSA) is 61.8 Å². The smallest absolute Gasteiger partial charge is 0.194 e. The van der Waals surface area contributed by atoms with Crippen LogP contribution in [0.3, 0.4) is 0 Å². The molecule has 1 atom stereocenters. The van der Waals surface area contributed by atoms with Gasteiger partial charge < -0.3 is 10.2 Å². The number of guanidine groups is 1. The fourth-order valence-corrected chi connectivity index (χ4v) is 4.71. The van der Waals surface area contributed by atoms with Gasteiger partial charge in [-0.05, 0) is 42.9 Å². The predicted octanol–water partition coefficient (Wildman–Crippen LogP) is 1.80. The first-order valence-corrected chi connectivity index (χ1v) is 10.2. The molecule has 0 spiro atoms. The van der Waals surface area contributed by atoms with Crippen molar-refractivity contribution in [1.29, 1.82) is 0 Å². The molecular formula is C17H24FN3O2S. The van der Waals surface area contributed by atoms with Crippen molar-refractivity contribution in [2.45, 2.75) is 31.8 Å². The van der Waals surface area contributed by atoms with Crippen molar-refractivity contribution in [3.05, 3.63) is 35.6 Å². The molecule has 3 rings (SSSR count). The van der Waals surface area contributed by atoms with Crippen LogP contribution in [0.15, 0.2) is 29.3 Å². The summed E-state index contributed by atoms with van der Waals surface area (Å²) < 4.78 is 36.2. The fourth-order valence-electron chi connectivity index (χ4n) is 2.86. The van der Waals surface area contributed by atoms with Crippen LogP contribution in [0.5, 0.6) is 0 Å². The van der Waals surface area contributed by atoms with Crippen LogP contribution in [0.25, 0.3) is 0 Å². The number of sulfone groups is 1. The summed E-state index contributed by atoms with van der Waals surface area (Å²) in [6.07, 6.45) is 2.98. The van der Waals surface area contributed by atoms with Gasteiger partial charge in [-0.3, -0.25) is 4.99 Å². The van der Waals surface area contributed by atoms with Gasteiger partial charge >= 0.3 is 0 Å². The molecule has 0 amide bonds. The zero-order chi connectivity index (χ0) is 17.2. The van der Waals surface area contributed by atoms with E-state index in [1.165, 1.54) is 12.1 Å². The molecule has 1 heterocycles. The summed E-state index contributed by atoms with van der Waals surface area (Å²) in [5.41, 5.74) is 1.01. The van der Waals surface area contributed by atoms with Gasteiger partial charge in [0.2, 0.25) is 0 Å². The van der Waals surface area contributed by atoms with E-state index < -0.39 is 9.84 Å². The van der Waals surface area contributed by atoms with E-state index in [4.69, 9.17) is 0 Å². The minimum absolute atomic E-state index is 0.116. The quantitative estimate of drug-likeness (QED) is 0.648. The van der Waals surface area contributed by atoms with Crippen molar-refractivity contribution in [3.8, 4) is 0 Å². The Morgan fingerprint density at radius 3 is 2.58 bits per heavy atom. The Balaban J connectivity index is 1.63. The maximum absolute atomic E-state index is 13.0. The number of hydrogen-bond donors (Lipinski definition) is 1. The van der Waals surface area contributed by atoms with Crippen molar-refractivity contribution in [2.75, 3.05) is 25.1 Å². The molecule has 0 aromatic heterocycles. The summed E-state index contributed by atoms with van der Waals surface area (Å²) >= 11 is 0. The molecule has 132 valence electrons. The first-order chi connectivity index (χ1) is 11.4. The molecule has 1 aliphatic heterocycles. The first-order valence-electron chi connectivity index (χ1n) is 8.38. The molecular weight excluding hydrogens is 329 g/mol. The van der Waals surface area contributed by atoms with Crippen LogP contribution in [-0.2, 0) is 16.4 Å². The van der Waals surface area contributed by atoms with E-state index >= 15 is 0 Å². The Morgan fingerprint density at radius 1 is 1.29 bits per heavy atom. The van der Waals surface area contributed by atoms with Crippen molar-refractivity contribution in [1.82, 2.24) is 10.2 Å². The second kappa shape index (κ2) is 7.09. The SMILES string of the molecule is CN(Cc1ccc(F)cc1)C(=NCC1CCS(=O)(=O)C1)NC1CC1. The average Bonchev–Trinajstić information content (AvgIpc) is 3.28. The summed E-state index contributed by atoms with van der Waals surface area (Å²) in [6, 6.07) is 6.91. The Bertz CT molecular complexity index is 699. The van der Waals surface area contributed by atoms with E-state index in [2.05, 4.69) is 10.3 Å². The highest BCUT2D eigenvalue weighted by Gasteiger charge is 2.28. The number of halogens is 1. The molecule has 1 aliphatic carbocycles. The maximum atomic E-state index is 13.0. The van der Waals surface area contributed by atoms with Gasteiger partial charge in [0.1, 0.15) is 5.82 Å². The number of nitrogens with zero attached hydrogens (tertiary/aromatic N) is 2. The monoisotopic (exact) mass is 353 g/mol. The third kappa shape index (κ3) is 4.93. The van der Waals surface area contributed by atoms with Crippen LogP contribution >= 0.6 is 0 Å². The predicted molar refractivity (Wildman–Crippen MR) is 93.1 cm³/mol. The van der Waals surface area contributed by atoms with E-state index in [-0.39, 0.29) is 23.2 Å². The number of aliphatic imine (C=N–C) groups is 1. The molecule has 2 aliphatic rings. The van der Waals surface area contributed by atoms with E-state index in [1.807, 2.05) is 11.9 Å². The van der Waals surface area contributed by atoms with Crippen molar-refractivity contribution < 1.29 is 12.8 Å². The molecule has 24 heavy (non-hydrogen) atoms. The van der Waals surface area contributed by atoms with Crippen LogP contribution in [0.4, 0.5) is 4.39 Å². The molecule has 1 aromatic rings. The molecule has 1 aromatic carbocycles. The van der Waals surface area contributed by atoms with Gasteiger partial charge in [-0.1, -0.05) is 12.1 Å². The fraction of sp³-hybridized carbons (Fsp3) is 0.588. The minimum Gasteiger partial charge on any atom is -0.354 e.